The average molecular weight is 854 g/mol. The molecule has 59 heavy (non-hydrogen) atoms. The molecule has 5 aromatic rings. The number of sulfonamides is 1. The molecule has 8 nitrogen and oxygen atoms in total. The Kier molecular flexibility index (Phi) is 12.1. The molecule has 0 aliphatic carbocycles. The number of piperidine rings is 3. The summed E-state index contributed by atoms with van der Waals surface area (Å²) in [6.07, 6.45) is -4.95. The second kappa shape index (κ2) is 16.9. The van der Waals surface area contributed by atoms with Crippen molar-refractivity contribution in [2.24, 2.45) is 11.8 Å². The monoisotopic (exact) mass is 853 g/mol. The van der Waals surface area contributed by atoms with Crippen molar-refractivity contribution < 1.29 is 39.5 Å². The summed E-state index contributed by atoms with van der Waals surface area (Å²) in [5, 5.41) is 7.83. The summed E-state index contributed by atoms with van der Waals surface area (Å²) >= 11 is 6.07. The molecule has 7 atom stereocenters. The fourth-order valence-electron chi connectivity index (χ4n) is 8.30. The first kappa shape index (κ1) is 42.1. The normalized spacial score (nSPS) is 21.0. The van der Waals surface area contributed by atoms with Crippen LogP contribution in [-0.2, 0) is 22.4 Å². The van der Waals surface area contributed by atoms with E-state index >= 15 is 0 Å². The van der Waals surface area contributed by atoms with Crippen LogP contribution < -0.4 is 20.1 Å². The van der Waals surface area contributed by atoms with Gasteiger partial charge in [0.05, 0.1) is 46.8 Å². The third-order valence-electron chi connectivity index (χ3n) is 11.2. The summed E-state index contributed by atoms with van der Waals surface area (Å²) in [7, 11) is -3.50. The van der Waals surface area contributed by atoms with E-state index in [9.17, 15) is 34.8 Å². The number of fused-ring (bicyclic) bond motifs is 4. The SMILES string of the molecule is C=C[C@H]1CN2CCC1C[C@H]2[C@@H](NC(=S)N[C@@H](c1ccccc1)[C@@H](NS(=O)(=O)c1cc(C(F)(F)F)cc(C(F)(F)F)c1)c1ccccc1)c1ccnc2ccc(OC)cc12. The van der Waals surface area contributed by atoms with E-state index in [1.807, 2.05) is 30.3 Å². The maximum absolute atomic E-state index is 14.1. The highest BCUT2D eigenvalue weighted by molar-refractivity contribution is 7.89. The molecule has 2 bridgehead atoms. The Balaban J connectivity index is 1.29. The highest BCUT2D eigenvalue weighted by Crippen LogP contribution is 2.43. The Morgan fingerprint density at radius 3 is 2.07 bits per heavy atom. The van der Waals surface area contributed by atoms with Crippen LogP contribution in [0.1, 0.15) is 58.8 Å². The zero-order chi connectivity index (χ0) is 42.1. The Labute approximate surface area is 343 Å². The summed E-state index contributed by atoms with van der Waals surface area (Å²) in [6.45, 7) is 5.74. The molecule has 3 aliphatic heterocycles. The highest BCUT2D eigenvalue weighted by atomic mass is 32.2. The van der Waals surface area contributed by atoms with Crippen molar-refractivity contribution >= 4 is 38.3 Å². The number of nitrogens with one attached hydrogen (secondary N) is 3. The summed E-state index contributed by atoms with van der Waals surface area (Å²) in [6, 6.07) is 21.8. The quantitative estimate of drug-likeness (QED) is 0.0651. The first-order valence-corrected chi connectivity index (χ1v) is 20.7. The van der Waals surface area contributed by atoms with Crippen molar-refractivity contribution in [3.8, 4) is 5.75 Å². The number of alkyl halides is 6. The lowest BCUT2D eigenvalue weighted by atomic mass is 9.73. The maximum Gasteiger partial charge on any atom is 0.416 e. The number of thiocarbonyl (C=S) groups is 1. The standard InChI is InChI=1S/C43H41F6N5O3S2/c1-3-26-25-54-19-17-29(26)20-37(54)40(34-16-18-50-36-15-14-32(57-2)24-35(34)36)52-41(58)51-38(27-10-6-4-7-11-27)39(28-12-8-5-9-13-28)53-59(55,56)33-22-30(42(44,45)46)21-31(23-33)43(47,48)49/h3-16,18,21-24,26,29,37-40,53H,1,17,19-20,25H2,2H3,(H2,51,52,58)/t26-,29?,37-,38-,39-,40-/m0/s1. The Hall–Kier alpha value is -5.03. The van der Waals surface area contributed by atoms with Gasteiger partial charge in [-0.1, -0.05) is 66.7 Å². The summed E-state index contributed by atoms with van der Waals surface area (Å²) in [4.78, 5) is 5.80. The van der Waals surface area contributed by atoms with Gasteiger partial charge in [-0.05, 0) is 103 Å². The number of pyridine rings is 1. The van der Waals surface area contributed by atoms with Crippen molar-refractivity contribution in [2.45, 2.75) is 54.3 Å². The van der Waals surface area contributed by atoms with Gasteiger partial charge in [0.1, 0.15) is 5.75 Å². The lowest BCUT2D eigenvalue weighted by Crippen LogP contribution is -2.58. The number of halogens is 6. The second-order valence-electron chi connectivity index (χ2n) is 14.8. The molecule has 1 aromatic heterocycles. The molecule has 3 saturated heterocycles. The van der Waals surface area contributed by atoms with Crippen LogP contribution in [0.3, 0.4) is 0 Å². The number of aromatic nitrogens is 1. The Morgan fingerprint density at radius 2 is 1.51 bits per heavy atom. The molecule has 16 heteroatoms. The molecular weight excluding hydrogens is 813 g/mol. The van der Waals surface area contributed by atoms with Crippen LogP contribution in [0.5, 0.6) is 5.75 Å². The van der Waals surface area contributed by atoms with Crippen molar-refractivity contribution in [1.82, 2.24) is 25.2 Å². The molecule has 3 aliphatic rings. The molecule has 0 spiro atoms. The van der Waals surface area contributed by atoms with E-state index in [-0.39, 0.29) is 29.4 Å². The number of methoxy groups -OCH3 is 1. The number of nitrogens with zero attached hydrogens (tertiary/aromatic N) is 2. The van der Waals surface area contributed by atoms with Crippen molar-refractivity contribution in [2.75, 3.05) is 20.2 Å². The zero-order valence-corrected chi connectivity index (χ0v) is 33.3. The number of rotatable bonds is 12. The van der Waals surface area contributed by atoms with Crippen LogP contribution in [0.15, 0.2) is 127 Å². The van der Waals surface area contributed by atoms with Gasteiger partial charge in [-0.25, -0.2) is 13.1 Å². The number of ether oxygens (including phenoxy) is 1. The largest absolute Gasteiger partial charge is 0.497 e. The number of hydrogen-bond donors (Lipinski definition) is 3. The smallest absolute Gasteiger partial charge is 0.416 e. The molecule has 8 rings (SSSR count). The van der Waals surface area contributed by atoms with Gasteiger partial charge in [-0.3, -0.25) is 9.88 Å². The van der Waals surface area contributed by atoms with E-state index in [1.54, 1.807) is 74.0 Å². The fraction of sp³-hybridized carbons (Fsp3) is 0.302. The topological polar surface area (TPSA) is 95.6 Å². The molecule has 3 N–H and O–H groups in total. The third-order valence-corrected chi connectivity index (χ3v) is 12.9. The van der Waals surface area contributed by atoms with Gasteiger partial charge in [0.15, 0.2) is 5.11 Å². The van der Waals surface area contributed by atoms with Gasteiger partial charge >= 0.3 is 12.4 Å². The van der Waals surface area contributed by atoms with Crippen LogP contribution in [0.4, 0.5) is 26.3 Å². The minimum atomic E-state index is -5.26. The minimum absolute atomic E-state index is 0.0381. The molecule has 4 aromatic carbocycles. The van der Waals surface area contributed by atoms with Crippen LogP contribution >= 0.6 is 12.2 Å². The molecule has 2 unspecified atom stereocenters. The first-order valence-electron chi connectivity index (χ1n) is 18.8. The van der Waals surface area contributed by atoms with Crippen molar-refractivity contribution in [1.29, 1.82) is 0 Å². The van der Waals surface area contributed by atoms with E-state index in [4.69, 9.17) is 17.0 Å². The van der Waals surface area contributed by atoms with Gasteiger partial charge in [0, 0.05) is 24.2 Å². The highest BCUT2D eigenvalue weighted by Gasteiger charge is 2.44. The van der Waals surface area contributed by atoms with E-state index in [2.05, 4.69) is 31.8 Å². The predicted molar refractivity (Wildman–Crippen MR) is 217 cm³/mol. The van der Waals surface area contributed by atoms with Gasteiger partial charge in [0.2, 0.25) is 10.0 Å². The van der Waals surface area contributed by atoms with Crippen LogP contribution in [0.25, 0.3) is 10.9 Å². The molecule has 4 heterocycles. The maximum atomic E-state index is 14.1. The van der Waals surface area contributed by atoms with Crippen molar-refractivity contribution in [3.63, 3.8) is 0 Å². The van der Waals surface area contributed by atoms with E-state index < -0.39 is 56.5 Å². The fourth-order valence-corrected chi connectivity index (χ4v) is 9.86. The lowest BCUT2D eigenvalue weighted by molar-refractivity contribution is -0.143. The Bertz CT molecular complexity index is 2390. The van der Waals surface area contributed by atoms with Crippen LogP contribution in [0.2, 0.25) is 0 Å². The van der Waals surface area contributed by atoms with Crippen LogP contribution in [-0.4, -0.2) is 49.7 Å². The molecule has 3 fully saturated rings. The van der Waals surface area contributed by atoms with E-state index in [1.165, 1.54) is 0 Å². The predicted octanol–water partition coefficient (Wildman–Crippen LogP) is 9.14. The first-order chi connectivity index (χ1) is 28.1. The average Bonchev–Trinajstić information content (AvgIpc) is 3.23. The van der Waals surface area contributed by atoms with E-state index in [0.29, 0.717) is 28.7 Å². The van der Waals surface area contributed by atoms with Gasteiger partial charge in [-0.2, -0.15) is 26.3 Å². The molecule has 0 saturated carbocycles. The molecule has 310 valence electrons. The van der Waals surface area contributed by atoms with Crippen molar-refractivity contribution in [3.05, 3.63) is 150 Å². The van der Waals surface area contributed by atoms with Crippen LogP contribution in [0, 0.1) is 11.8 Å². The third kappa shape index (κ3) is 9.25. The molecule has 0 radical (unpaired) electrons. The molecule has 0 amide bonds. The second-order valence-corrected chi connectivity index (χ2v) is 16.9. The summed E-state index contributed by atoms with van der Waals surface area (Å²) < 4.78 is 120. The lowest BCUT2D eigenvalue weighted by Gasteiger charge is -2.52. The summed E-state index contributed by atoms with van der Waals surface area (Å²) in [5.74, 6) is 1.35. The number of benzene rings is 4. The number of hydrogen-bond acceptors (Lipinski definition) is 6. The van der Waals surface area contributed by atoms with Gasteiger partial charge in [-0.15, -0.1) is 6.58 Å². The van der Waals surface area contributed by atoms with Gasteiger partial charge in [0.25, 0.3) is 0 Å². The Morgan fingerprint density at radius 1 is 0.881 bits per heavy atom. The summed E-state index contributed by atoms with van der Waals surface area (Å²) in [5.41, 5.74) is -1.00. The van der Waals surface area contributed by atoms with E-state index in [0.717, 1.165) is 42.4 Å². The molecular formula is C43H41F6N5O3S2. The zero-order valence-electron chi connectivity index (χ0n) is 31.7. The minimum Gasteiger partial charge on any atom is -0.497 e. The van der Waals surface area contributed by atoms with Gasteiger partial charge < -0.3 is 15.4 Å².